The van der Waals surface area contributed by atoms with E-state index in [9.17, 15) is 9.59 Å². The second-order valence-electron chi connectivity index (χ2n) is 9.78. The maximum atomic E-state index is 12.9. The second kappa shape index (κ2) is 9.72. The van der Waals surface area contributed by atoms with Gasteiger partial charge in [-0.3, -0.25) is 9.59 Å². The van der Waals surface area contributed by atoms with Crippen LogP contribution in [0.3, 0.4) is 0 Å². The third-order valence-corrected chi connectivity index (χ3v) is 6.24. The number of carbonyl (C=O) groups excluding carboxylic acids is 2. The number of carbonyl (C=O) groups is 2. The van der Waals surface area contributed by atoms with Crippen LogP contribution >= 0.6 is 0 Å². The first kappa shape index (κ1) is 23.6. The van der Waals surface area contributed by atoms with Gasteiger partial charge < -0.3 is 15.0 Å². The van der Waals surface area contributed by atoms with Crippen molar-refractivity contribution in [1.82, 2.24) is 0 Å². The summed E-state index contributed by atoms with van der Waals surface area (Å²) in [6, 6.07) is 23.3. The number of hydrogen-bond donors (Lipinski definition) is 1. The molecule has 1 saturated heterocycles. The number of anilines is 2. The Morgan fingerprint density at radius 1 is 0.971 bits per heavy atom. The van der Waals surface area contributed by atoms with Crippen molar-refractivity contribution in [1.29, 1.82) is 0 Å². The summed E-state index contributed by atoms with van der Waals surface area (Å²) in [6.45, 7) is 9.00. The molecule has 1 fully saturated rings. The fourth-order valence-corrected chi connectivity index (χ4v) is 4.20. The van der Waals surface area contributed by atoms with Crippen LogP contribution in [-0.4, -0.2) is 18.4 Å². The second-order valence-corrected chi connectivity index (χ2v) is 9.78. The topological polar surface area (TPSA) is 58.6 Å². The molecular weight excluding hydrogens is 424 g/mol. The maximum absolute atomic E-state index is 12.9. The van der Waals surface area contributed by atoms with Crippen LogP contribution in [0.15, 0.2) is 72.8 Å². The van der Waals surface area contributed by atoms with Crippen molar-refractivity contribution in [3.63, 3.8) is 0 Å². The number of nitrogens with zero attached hydrogens (tertiary/aromatic N) is 1. The minimum Gasteiger partial charge on any atom is -0.457 e. The number of amides is 2. The molecule has 5 heteroatoms. The van der Waals surface area contributed by atoms with Gasteiger partial charge in [0.2, 0.25) is 11.8 Å². The van der Waals surface area contributed by atoms with Crippen LogP contribution in [0.5, 0.6) is 11.5 Å². The molecule has 0 bridgehead atoms. The normalized spacial score (nSPS) is 15.9. The van der Waals surface area contributed by atoms with E-state index in [4.69, 9.17) is 4.74 Å². The van der Waals surface area contributed by atoms with E-state index in [-0.39, 0.29) is 29.6 Å². The highest BCUT2D eigenvalue weighted by atomic mass is 16.5. The van der Waals surface area contributed by atoms with Gasteiger partial charge in [0.25, 0.3) is 0 Å². The molecule has 1 heterocycles. The lowest BCUT2D eigenvalue weighted by atomic mass is 9.87. The summed E-state index contributed by atoms with van der Waals surface area (Å²) >= 11 is 0. The van der Waals surface area contributed by atoms with E-state index in [1.165, 1.54) is 5.56 Å². The molecule has 0 radical (unpaired) electrons. The van der Waals surface area contributed by atoms with Crippen molar-refractivity contribution in [3.8, 4) is 11.5 Å². The summed E-state index contributed by atoms with van der Waals surface area (Å²) in [5, 5.41) is 2.95. The number of aryl methyl sites for hydroxylation is 1. The van der Waals surface area contributed by atoms with Crippen LogP contribution in [0.1, 0.15) is 45.2 Å². The molecule has 2 amide bonds. The zero-order valence-electron chi connectivity index (χ0n) is 20.3. The van der Waals surface area contributed by atoms with Crippen LogP contribution in [-0.2, 0) is 21.4 Å². The fraction of sp³-hybridized carbons (Fsp3) is 0.310. The number of hydrogen-bond acceptors (Lipinski definition) is 3. The Bertz CT molecular complexity index is 1160. The van der Waals surface area contributed by atoms with Gasteiger partial charge in [-0.2, -0.15) is 0 Å². The lowest BCUT2D eigenvalue weighted by Gasteiger charge is -2.20. The summed E-state index contributed by atoms with van der Waals surface area (Å²) in [7, 11) is 0. The Balaban J connectivity index is 1.36. The lowest BCUT2D eigenvalue weighted by molar-refractivity contribution is -0.122. The third kappa shape index (κ3) is 5.30. The third-order valence-electron chi connectivity index (χ3n) is 6.24. The molecule has 3 aromatic rings. The van der Waals surface area contributed by atoms with Crippen molar-refractivity contribution in [2.24, 2.45) is 5.92 Å². The molecule has 4 rings (SSSR count). The van der Waals surface area contributed by atoms with E-state index in [2.05, 4.69) is 45.1 Å². The van der Waals surface area contributed by atoms with Gasteiger partial charge in [-0.25, -0.2) is 0 Å². The summed E-state index contributed by atoms with van der Waals surface area (Å²) in [5.41, 5.74) is 4.04. The Kier molecular flexibility index (Phi) is 6.73. The monoisotopic (exact) mass is 456 g/mol. The fourth-order valence-electron chi connectivity index (χ4n) is 4.20. The number of nitrogens with one attached hydrogen (secondary N) is 1. The SMILES string of the molecule is CCc1ccccc1N1C[C@H](C(=O)Nc2ccc(Oc3ccc(C(C)(C)C)cc3)cc2)CC1=O. The van der Waals surface area contributed by atoms with Crippen molar-refractivity contribution in [2.45, 2.75) is 46.0 Å². The predicted molar refractivity (Wildman–Crippen MR) is 137 cm³/mol. The molecule has 3 aromatic carbocycles. The molecule has 1 atom stereocenters. The van der Waals surface area contributed by atoms with Gasteiger partial charge in [-0.1, -0.05) is 58.0 Å². The number of rotatable bonds is 6. The van der Waals surface area contributed by atoms with Gasteiger partial charge in [0.15, 0.2) is 0 Å². The molecule has 1 aliphatic heterocycles. The molecule has 0 aromatic heterocycles. The van der Waals surface area contributed by atoms with Crippen molar-refractivity contribution in [2.75, 3.05) is 16.8 Å². The molecule has 5 nitrogen and oxygen atoms in total. The average molecular weight is 457 g/mol. The molecule has 1 aliphatic rings. The Morgan fingerprint density at radius 2 is 1.59 bits per heavy atom. The van der Waals surface area contributed by atoms with Gasteiger partial charge >= 0.3 is 0 Å². The highest BCUT2D eigenvalue weighted by Gasteiger charge is 2.35. The smallest absolute Gasteiger partial charge is 0.229 e. The van der Waals surface area contributed by atoms with Gasteiger partial charge in [0.05, 0.1) is 5.92 Å². The number of ether oxygens (including phenoxy) is 1. The van der Waals surface area contributed by atoms with Crippen molar-refractivity contribution < 1.29 is 14.3 Å². The van der Waals surface area contributed by atoms with Crippen LogP contribution in [0.4, 0.5) is 11.4 Å². The first-order chi connectivity index (χ1) is 16.2. The standard InChI is InChI=1S/C29H32N2O3/c1-5-20-8-6-7-9-26(20)31-19-21(18-27(31)32)28(33)30-23-12-16-25(17-13-23)34-24-14-10-22(11-15-24)29(2,3)4/h6-17,21H,5,18-19H2,1-4H3,(H,30,33)/t21-/m1/s1. The molecule has 1 N–H and O–H groups in total. The van der Waals surface area contributed by atoms with Gasteiger partial charge in [-0.05, 0) is 65.4 Å². The zero-order valence-corrected chi connectivity index (χ0v) is 20.3. The van der Waals surface area contributed by atoms with E-state index >= 15 is 0 Å². The molecule has 0 aliphatic carbocycles. The molecule has 0 spiro atoms. The summed E-state index contributed by atoms with van der Waals surface area (Å²) in [6.07, 6.45) is 1.06. The summed E-state index contributed by atoms with van der Waals surface area (Å²) in [4.78, 5) is 27.2. The minimum atomic E-state index is -0.380. The highest BCUT2D eigenvalue weighted by molar-refractivity contribution is 6.03. The molecule has 0 saturated carbocycles. The van der Waals surface area contributed by atoms with E-state index < -0.39 is 0 Å². The first-order valence-electron chi connectivity index (χ1n) is 11.8. The molecule has 0 unspecified atom stereocenters. The zero-order chi connectivity index (χ0) is 24.3. The van der Waals surface area contributed by atoms with Crippen LogP contribution in [0, 0.1) is 5.92 Å². The number of para-hydroxylation sites is 1. The lowest BCUT2D eigenvalue weighted by Crippen LogP contribution is -2.28. The first-order valence-corrected chi connectivity index (χ1v) is 11.8. The predicted octanol–water partition coefficient (Wildman–Crippen LogP) is 6.33. The Hall–Kier alpha value is -3.60. The Labute approximate surface area is 201 Å². The van der Waals surface area contributed by atoms with Crippen LogP contribution in [0.25, 0.3) is 0 Å². The maximum Gasteiger partial charge on any atom is 0.229 e. The number of benzene rings is 3. The van der Waals surface area contributed by atoms with E-state index in [0.717, 1.165) is 23.4 Å². The minimum absolute atomic E-state index is 0.0118. The van der Waals surface area contributed by atoms with Gasteiger partial charge in [-0.15, -0.1) is 0 Å². The quantitative estimate of drug-likeness (QED) is 0.471. The summed E-state index contributed by atoms with van der Waals surface area (Å²) < 4.78 is 5.94. The van der Waals surface area contributed by atoms with Gasteiger partial charge in [0.1, 0.15) is 11.5 Å². The molecule has 34 heavy (non-hydrogen) atoms. The van der Waals surface area contributed by atoms with Crippen molar-refractivity contribution in [3.05, 3.63) is 83.9 Å². The van der Waals surface area contributed by atoms with Crippen LogP contribution < -0.4 is 15.0 Å². The van der Waals surface area contributed by atoms with E-state index in [0.29, 0.717) is 18.0 Å². The van der Waals surface area contributed by atoms with Gasteiger partial charge in [0, 0.05) is 24.3 Å². The van der Waals surface area contributed by atoms with E-state index in [1.54, 1.807) is 4.90 Å². The average Bonchev–Trinajstić information content (AvgIpc) is 3.21. The van der Waals surface area contributed by atoms with E-state index in [1.807, 2.05) is 60.7 Å². The van der Waals surface area contributed by atoms with Crippen molar-refractivity contribution >= 4 is 23.2 Å². The Morgan fingerprint density at radius 3 is 2.21 bits per heavy atom. The van der Waals surface area contributed by atoms with Crippen LogP contribution in [0.2, 0.25) is 0 Å². The largest absolute Gasteiger partial charge is 0.457 e. The summed E-state index contributed by atoms with van der Waals surface area (Å²) in [5.74, 6) is 0.926. The highest BCUT2D eigenvalue weighted by Crippen LogP contribution is 2.30. The molecular formula is C29H32N2O3. The molecule has 176 valence electrons.